The molecule has 2 aliphatic rings. The van der Waals surface area contributed by atoms with Crippen LogP contribution in [-0.4, -0.2) is 12.7 Å². The van der Waals surface area contributed by atoms with Crippen LogP contribution in [0.2, 0.25) is 0 Å². The second kappa shape index (κ2) is 4.89. The number of benzene rings is 1. The highest BCUT2D eigenvalue weighted by molar-refractivity contribution is 5.49. The van der Waals surface area contributed by atoms with Crippen LogP contribution < -0.4 is 0 Å². The van der Waals surface area contributed by atoms with Gasteiger partial charge in [-0.05, 0) is 18.4 Å². The smallest absolute Gasteiger partial charge is 0.0704 e. The molecule has 1 aromatic carbocycles. The van der Waals surface area contributed by atoms with Crippen LogP contribution in [0.5, 0.6) is 0 Å². The average molecular weight is 226 g/mol. The van der Waals surface area contributed by atoms with Crippen molar-refractivity contribution in [1.82, 2.24) is 0 Å². The van der Waals surface area contributed by atoms with E-state index in [9.17, 15) is 0 Å². The van der Waals surface area contributed by atoms with Crippen LogP contribution in [0.1, 0.15) is 18.4 Å². The molecule has 0 spiro atoms. The lowest BCUT2D eigenvalue weighted by atomic mass is 9.97. The molecule has 1 heterocycles. The quantitative estimate of drug-likeness (QED) is 0.699. The molecule has 3 atom stereocenters. The Labute approximate surface area is 103 Å². The Kier molecular flexibility index (Phi) is 3.10. The minimum absolute atomic E-state index is 0.417. The number of rotatable bonds is 2. The maximum Gasteiger partial charge on any atom is 0.0704 e. The molecule has 1 aliphatic carbocycles. The van der Waals surface area contributed by atoms with Crippen LogP contribution in [0.3, 0.4) is 0 Å². The molecule has 0 aromatic heterocycles. The summed E-state index contributed by atoms with van der Waals surface area (Å²) in [5.41, 5.74) is 1.28. The van der Waals surface area contributed by atoms with Gasteiger partial charge in [0.05, 0.1) is 12.7 Å². The maximum atomic E-state index is 5.86. The van der Waals surface area contributed by atoms with Gasteiger partial charge in [-0.3, -0.25) is 0 Å². The predicted molar refractivity (Wildman–Crippen MR) is 70.6 cm³/mol. The predicted octanol–water partition coefficient (Wildman–Crippen LogP) is 3.68. The molecule has 1 saturated carbocycles. The standard InChI is InChI=1S/C16H18O/c1-2-5-13(6-3-1)8-9-15-11-10-14-7-4-12-17-16(14)15/h1-9,14-16H,10-12H2/b9-8+. The van der Waals surface area contributed by atoms with Crippen molar-refractivity contribution in [2.24, 2.45) is 11.8 Å². The first-order chi connectivity index (χ1) is 8.43. The number of hydrogen-bond donors (Lipinski definition) is 0. The molecule has 0 N–H and O–H groups in total. The molecule has 3 unspecified atom stereocenters. The second-order valence-electron chi connectivity index (χ2n) is 4.90. The molecule has 17 heavy (non-hydrogen) atoms. The Bertz CT molecular complexity index is 418. The zero-order valence-electron chi connectivity index (χ0n) is 9.96. The number of ether oxygens (including phenoxy) is 1. The highest BCUT2D eigenvalue weighted by Crippen LogP contribution is 2.37. The molecule has 0 bridgehead atoms. The molecule has 1 aromatic rings. The summed E-state index contributed by atoms with van der Waals surface area (Å²) in [4.78, 5) is 0. The lowest BCUT2D eigenvalue weighted by Crippen LogP contribution is -2.25. The van der Waals surface area contributed by atoms with E-state index in [0.29, 0.717) is 17.9 Å². The van der Waals surface area contributed by atoms with Gasteiger partial charge in [-0.25, -0.2) is 0 Å². The van der Waals surface area contributed by atoms with E-state index in [1.807, 2.05) is 0 Å². The highest BCUT2D eigenvalue weighted by atomic mass is 16.5. The molecule has 0 radical (unpaired) electrons. The van der Waals surface area contributed by atoms with Gasteiger partial charge in [-0.1, -0.05) is 54.6 Å². The average Bonchev–Trinajstić information content (AvgIpc) is 2.81. The molecule has 1 nitrogen and oxygen atoms in total. The first kappa shape index (κ1) is 10.8. The summed E-state index contributed by atoms with van der Waals surface area (Å²) in [5, 5.41) is 0. The second-order valence-corrected chi connectivity index (χ2v) is 4.90. The van der Waals surface area contributed by atoms with Gasteiger partial charge in [0, 0.05) is 11.8 Å². The Morgan fingerprint density at radius 3 is 2.88 bits per heavy atom. The van der Waals surface area contributed by atoms with E-state index >= 15 is 0 Å². The summed E-state index contributed by atoms with van der Waals surface area (Å²) in [6.07, 6.45) is 12.0. The van der Waals surface area contributed by atoms with Crippen LogP contribution in [0.25, 0.3) is 6.08 Å². The topological polar surface area (TPSA) is 9.23 Å². The first-order valence-electron chi connectivity index (χ1n) is 6.45. The molecular formula is C16H18O. The minimum Gasteiger partial charge on any atom is -0.373 e. The van der Waals surface area contributed by atoms with E-state index in [1.54, 1.807) is 0 Å². The van der Waals surface area contributed by atoms with Crippen LogP contribution in [0.15, 0.2) is 48.6 Å². The van der Waals surface area contributed by atoms with Crippen molar-refractivity contribution < 1.29 is 4.74 Å². The fraction of sp³-hybridized carbons (Fsp3) is 0.375. The molecule has 0 saturated heterocycles. The highest BCUT2D eigenvalue weighted by Gasteiger charge is 2.35. The van der Waals surface area contributed by atoms with Gasteiger partial charge >= 0.3 is 0 Å². The lowest BCUT2D eigenvalue weighted by molar-refractivity contribution is 0.0306. The van der Waals surface area contributed by atoms with Gasteiger partial charge in [-0.15, -0.1) is 0 Å². The monoisotopic (exact) mass is 226 g/mol. The van der Waals surface area contributed by atoms with E-state index in [0.717, 1.165) is 6.61 Å². The number of fused-ring (bicyclic) bond motifs is 1. The largest absolute Gasteiger partial charge is 0.373 e. The van der Waals surface area contributed by atoms with Crippen molar-refractivity contribution in [3.05, 3.63) is 54.1 Å². The zero-order valence-corrected chi connectivity index (χ0v) is 9.96. The summed E-state index contributed by atoms with van der Waals surface area (Å²) in [7, 11) is 0. The van der Waals surface area contributed by atoms with Crippen LogP contribution in [-0.2, 0) is 4.74 Å². The van der Waals surface area contributed by atoms with E-state index in [-0.39, 0.29) is 0 Å². The maximum absolute atomic E-state index is 5.86. The zero-order chi connectivity index (χ0) is 11.5. The molecule has 1 fully saturated rings. The Morgan fingerprint density at radius 2 is 2.00 bits per heavy atom. The van der Waals surface area contributed by atoms with E-state index < -0.39 is 0 Å². The summed E-state index contributed by atoms with van der Waals surface area (Å²) in [5.74, 6) is 1.24. The Balaban J connectivity index is 1.70. The summed E-state index contributed by atoms with van der Waals surface area (Å²) in [6.45, 7) is 0.789. The normalized spacial score (nSPS) is 31.9. The van der Waals surface area contributed by atoms with Crippen LogP contribution >= 0.6 is 0 Å². The van der Waals surface area contributed by atoms with Gasteiger partial charge in [0.15, 0.2) is 0 Å². The summed E-state index contributed by atoms with van der Waals surface area (Å²) < 4.78 is 5.86. The molecule has 3 rings (SSSR count). The molecule has 1 aliphatic heterocycles. The molecule has 88 valence electrons. The van der Waals surface area contributed by atoms with Gasteiger partial charge < -0.3 is 4.74 Å². The molecule has 1 heteroatoms. The third kappa shape index (κ3) is 2.34. The van der Waals surface area contributed by atoms with Crippen molar-refractivity contribution in [1.29, 1.82) is 0 Å². The van der Waals surface area contributed by atoms with Crippen LogP contribution in [0.4, 0.5) is 0 Å². The van der Waals surface area contributed by atoms with Crippen LogP contribution in [0, 0.1) is 11.8 Å². The van der Waals surface area contributed by atoms with Gasteiger partial charge in [-0.2, -0.15) is 0 Å². The van der Waals surface area contributed by atoms with Crippen molar-refractivity contribution >= 4 is 6.08 Å². The third-order valence-electron chi connectivity index (χ3n) is 3.78. The summed E-state index contributed by atoms with van der Waals surface area (Å²) in [6, 6.07) is 10.5. The van der Waals surface area contributed by atoms with Gasteiger partial charge in [0.25, 0.3) is 0 Å². The van der Waals surface area contributed by atoms with Gasteiger partial charge in [0.2, 0.25) is 0 Å². The Hall–Kier alpha value is -1.34. The van der Waals surface area contributed by atoms with Crippen molar-refractivity contribution in [2.75, 3.05) is 6.61 Å². The SMILES string of the molecule is C1=CC2CCC(/C=C/c3ccccc3)C2OC1. The van der Waals surface area contributed by atoms with E-state index in [1.165, 1.54) is 18.4 Å². The van der Waals surface area contributed by atoms with Crippen molar-refractivity contribution in [2.45, 2.75) is 18.9 Å². The Morgan fingerprint density at radius 1 is 1.12 bits per heavy atom. The number of hydrogen-bond acceptors (Lipinski definition) is 1. The fourth-order valence-corrected chi connectivity index (χ4v) is 2.89. The van der Waals surface area contributed by atoms with E-state index in [4.69, 9.17) is 4.74 Å². The summed E-state index contributed by atoms with van der Waals surface area (Å²) >= 11 is 0. The first-order valence-corrected chi connectivity index (χ1v) is 6.45. The molecule has 0 amide bonds. The van der Waals surface area contributed by atoms with Gasteiger partial charge in [0.1, 0.15) is 0 Å². The fourth-order valence-electron chi connectivity index (χ4n) is 2.89. The minimum atomic E-state index is 0.417. The molecular weight excluding hydrogens is 208 g/mol. The third-order valence-corrected chi connectivity index (χ3v) is 3.78. The van der Waals surface area contributed by atoms with Crippen molar-refractivity contribution in [3.8, 4) is 0 Å². The van der Waals surface area contributed by atoms with Crippen molar-refractivity contribution in [3.63, 3.8) is 0 Å². The lowest BCUT2D eigenvalue weighted by Gasteiger charge is -2.24. The van der Waals surface area contributed by atoms with E-state index in [2.05, 4.69) is 54.6 Å².